The highest BCUT2D eigenvalue weighted by molar-refractivity contribution is 5.88. The van der Waals surface area contributed by atoms with Gasteiger partial charge in [0.15, 0.2) is 0 Å². The van der Waals surface area contributed by atoms with Crippen molar-refractivity contribution in [1.82, 2.24) is 9.88 Å². The minimum atomic E-state index is 0.611. The van der Waals surface area contributed by atoms with Gasteiger partial charge in [-0.15, -0.1) is 0 Å². The number of hydrogen-bond acceptors (Lipinski definition) is 4. The maximum Gasteiger partial charge on any atom is 0.150 e. The fraction of sp³-hybridized carbons (Fsp3) is 0.286. The zero-order valence-corrected chi connectivity index (χ0v) is 14.6. The van der Waals surface area contributed by atoms with Crippen LogP contribution in [0.15, 0.2) is 48.7 Å². The number of nitrogens with zero attached hydrogens (tertiary/aromatic N) is 1. The van der Waals surface area contributed by atoms with Crippen molar-refractivity contribution in [2.75, 3.05) is 39.5 Å². The molecule has 0 spiro atoms. The minimum absolute atomic E-state index is 0.611. The number of hydrogen-bond donors (Lipinski definition) is 1. The molecule has 1 saturated heterocycles. The van der Waals surface area contributed by atoms with Crippen molar-refractivity contribution in [1.29, 1.82) is 0 Å². The molecule has 3 aromatic rings. The molecular weight excluding hydrogens is 328 g/mol. The number of H-pyrrole nitrogens is 1. The number of carbonyl (C=O) groups excluding carboxylic acids is 1. The molecule has 5 heteroatoms. The number of aromatic nitrogens is 1. The van der Waals surface area contributed by atoms with E-state index in [9.17, 15) is 4.79 Å². The van der Waals surface area contributed by atoms with E-state index in [1.165, 1.54) is 0 Å². The number of aldehydes is 1. The largest absolute Gasteiger partial charge is 0.492 e. The first-order chi connectivity index (χ1) is 12.8. The van der Waals surface area contributed by atoms with Crippen LogP contribution in [-0.2, 0) is 4.74 Å². The summed E-state index contributed by atoms with van der Waals surface area (Å²) in [6.45, 7) is 4.95. The summed E-state index contributed by atoms with van der Waals surface area (Å²) in [5.41, 5.74) is 3.73. The van der Waals surface area contributed by atoms with E-state index < -0.39 is 0 Å². The molecule has 0 bridgehead atoms. The zero-order valence-electron chi connectivity index (χ0n) is 14.6. The SMILES string of the molecule is O=Cc1ccc(OCCN2CCOCC2)c(-c2ccc3[nH]ccc3c2)c1. The number of morpholine rings is 1. The molecule has 2 aromatic carbocycles. The van der Waals surface area contributed by atoms with Crippen molar-refractivity contribution in [3.63, 3.8) is 0 Å². The van der Waals surface area contributed by atoms with Crippen molar-refractivity contribution in [2.45, 2.75) is 0 Å². The molecule has 1 aliphatic heterocycles. The number of aromatic amines is 1. The first-order valence-electron chi connectivity index (χ1n) is 8.93. The second-order valence-corrected chi connectivity index (χ2v) is 6.46. The highest BCUT2D eigenvalue weighted by Crippen LogP contribution is 2.32. The number of fused-ring (bicyclic) bond motifs is 1. The molecule has 0 unspecified atom stereocenters. The Morgan fingerprint density at radius 1 is 1.12 bits per heavy atom. The smallest absolute Gasteiger partial charge is 0.150 e. The van der Waals surface area contributed by atoms with Crippen LogP contribution in [-0.4, -0.2) is 55.6 Å². The van der Waals surface area contributed by atoms with E-state index in [1.54, 1.807) is 6.07 Å². The van der Waals surface area contributed by atoms with Gasteiger partial charge in [-0.2, -0.15) is 0 Å². The Morgan fingerprint density at radius 3 is 2.85 bits per heavy atom. The van der Waals surface area contributed by atoms with Crippen LogP contribution in [0, 0.1) is 0 Å². The molecule has 0 aliphatic carbocycles. The summed E-state index contributed by atoms with van der Waals surface area (Å²) >= 11 is 0. The summed E-state index contributed by atoms with van der Waals surface area (Å²) < 4.78 is 11.5. The van der Waals surface area contributed by atoms with E-state index in [4.69, 9.17) is 9.47 Å². The van der Waals surface area contributed by atoms with E-state index in [0.717, 1.165) is 66.9 Å². The zero-order chi connectivity index (χ0) is 17.8. The summed E-state index contributed by atoms with van der Waals surface area (Å²) in [5, 5.41) is 1.14. The van der Waals surface area contributed by atoms with Crippen LogP contribution in [0.4, 0.5) is 0 Å². The number of ether oxygens (including phenoxy) is 2. The standard InChI is InChI=1S/C21H22N2O3/c24-15-16-1-4-21(26-12-9-23-7-10-25-11-8-23)19(13-16)17-2-3-20-18(14-17)5-6-22-20/h1-6,13-15,22H,7-12H2. The first kappa shape index (κ1) is 16.8. The van der Waals surface area contributed by atoms with Crippen molar-refractivity contribution >= 4 is 17.2 Å². The molecule has 1 aromatic heterocycles. The molecule has 1 aliphatic rings. The topological polar surface area (TPSA) is 54.6 Å². The summed E-state index contributed by atoms with van der Waals surface area (Å²) in [7, 11) is 0. The molecule has 1 N–H and O–H groups in total. The first-order valence-corrected chi connectivity index (χ1v) is 8.93. The van der Waals surface area contributed by atoms with E-state index >= 15 is 0 Å². The number of benzene rings is 2. The van der Waals surface area contributed by atoms with Crippen LogP contribution in [0.1, 0.15) is 10.4 Å². The summed E-state index contributed by atoms with van der Waals surface area (Å²) in [4.78, 5) is 16.8. The van der Waals surface area contributed by atoms with Gasteiger partial charge >= 0.3 is 0 Å². The second-order valence-electron chi connectivity index (χ2n) is 6.46. The van der Waals surface area contributed by atoms with Gasteiger partial charge in [-0.1, -0.05) is 6.07 Å². The van der Waals surface area contributed by atoms with E-state index in [2.05, 4.69) is 28.1 Å². The van der Waals surface area contributed by atoms with Gasteiger partial charge in [-0.25, -0.2) is 0 Å². The Balaban J connectivity index is 1.56. The Hall–Kier alpha value is -2.63. The predicted octanol–water partition coefficient (Wildman–Crippen LogP) is 3.36. The third-order valence-electron chi connectivity index (χ3n) is 4.77. The summed E-state index contributed by atoms with van der Waals surface area (Å²) in [6.07, 6.45) is 2.80. The van der Waals surface area contributed by atoms with Crippen molar-refractivity contribution in [3.05, 3.63) is 54.2 Å². The fourth-order valence-electron chi connectivity index (χ4n) is 3.30. The van der Waals surface area contributed by atoms with Crippen molar-refractivity contribution in [3.8, 4) is 16.9 Å². The fourth-order valence-corrected chi connectivity index (χ4v) is 3.30. The predicted molar refractivity (Wildman–Crippen MR) is 102 cm³/mol. The van der Waals surface area contributed by atoms with Crippen LogP contribution in [0.3, 0.4) is 0 Å². The third kappa shape index (κ3) is 3.64. The monoisotopic (exact) mass is 350 g/mol. The van der Waals surface area contributed by atoms with Crippen LogP contribution >= 0.6 is 0 Å². The van der Waals surface area contributed by atoms with Gasteiger partial charge in [-0.05, 0) is 47.3 Å². The van der Waals surface area contributed by atoms with Gasteiger partial charge in [0.1, 0.15) is 18.6 Å². The Labute approximate surface area is 152 Å². The van der Waals surface area contributed by atoms with Gasteiger partial charge in [-0.3, -0.25) is 9.69 Å². The van der Waals surface area contributed by atoms with Crippen molar-refractivity contribution in [2.24, 2.45) is 0 Å². The lowest BCUT2D eigenvalue weighted by Gasteiger charge is -2.26. The molecule has 0 amide bonds. The Morgan fingerprint density at radius 2 is 2.00 bits per heavy atom. The Kier molecular flexibility index (Phi) is 5.00. The lowest BCUT2D eigenvalue weighted by molar-refractivity contribution is 0.0323. The number of nitrogens with one attached hydrogen (secondary N) is 1. The van der Waals surface area contributed by atoms with Crippen LogP contribution < -0.4 is 4.74 Å². The lowest BCUT2D eigenvalue weighted by atomic mass is 10.0. The molecule has 134 valence electrons. The molecular formula is C21H22N2O3. The lowest BCUT2D eigenvalue weighted by Crippen LogP contribution is -2.38. The molecule has 0 atom stereocenters. The normalized spacial score (nSPS) is 15.2. The molecule has 1 fully saturated rings. The van der Waals surface area contributed by atoms with Crippen LogP contribution in [0.25, 0.3) is 22.0 Å². The van der Waals surface area contributed by atoms with Gasteiger partial charge in [0.2, 0.25) is 0 Å². The molecule has 5 nitrogen and oxygen atoms in total. The molecule has 4 rings (SSSR count). The highest BCUT2D eigenvalue weighted by atomic mass is 16.5. The molecule has 0 saturated carbocycles. The Bertz CT molecular complexity index is 897. The third-order valence-corrected chi connectivity index (χ3v) is 4.77. The van der Waals surface area contributed by atoms with Gasteiger partial charge in [0, 0.05) is 42.5 Å². The van der Waals surface area contributed by atoms with Crippen LogP contribution in [0.5, 0.6) is 5.75 Å². The van der Waals surface area contributed by atoms with Crippen LogP contribution in [0.2, 0.25) is 0 Å². The molecule has 26 heavy (non-hydrogen) atoms. The quantitative estimate of drug-likeness (QED) is 0.693. The number of rotatable bonds is 6. The average molecular weight is 350 g/mol. The minimum Gasteiger partial charge on any atom is -0.492 e. The number of carbonyl (C=O) groups is 1. The summed E-state index contributed by atoms with van der Waals surface area (Å²) in [5.74, 6) is 0.804. The second kappa shape index (κ2) is 7.72. The maximum atomic E-state index is 11.2. The summed E-state index contributed by atoms with van der Waals surface area (Å²) in [6, 6.07) is 13.8. The van der Waals surface area contributed by atoms with Crippen molar-refractivity contribution < 1.29 is 14.3 Å². The molecule has 0 radical (unpaired) electrons. The van der Waals surface area contributed by atoms with Gasteiger partial charge in [0.05, 0.1) is 13.2 Å². The average Bonchev–Trinajstić information content (AvgIpc) is 3.17. The van der Waals surface area contributed by atoms with E-state index in [-0.39, 0.29) is 0 Å². The van der Waals surface area contributed by atoms with Gasteiger partial charge in [0.25, 0.3) is 0 Å². The van der Waals surface area contributed by atoms with E-state index in [1.807, 2.05) is 24.4 Å². The molecule has 2 heterocycles. The van der Waals surface area contributed by atoms with E-state index in [0.29, 0.717) is 12.2 Å². The van der Waals surface area contributed by atoms with Gasteiger partial charge < -0.3 is 14.5 Å². The highest BCUT2D eigenvalue weighted by Gasteiger charge is 2.12. The maximum absolute atomic E-state index is 11.2.